The summed E-state index contributed by atoms with van der Waals surface area (Å²) in [7, 11) is 2.85. The molecule has 6 nitrogen and oxygen atoms in total. The van der Waals surface area contributed by atoms with Crippen molar-refractivity contribution in [1.82, 2.24) is 4.57 Å². The minimum Gasteiger partial charge on any atom is -0.497 e. The quantitative estimate of drug-likeness (QED) is 0.824. The normalized spacial score (nSPS) is 11.9. The smallest absolute Gasteiger partial charge is 0.307 e. The molecule has 1 aromatic heterocycles. The van der Waals surface area contributed by atoms with Crippen LogP contribution in [0.2, 0.25) is 0 Å². The highest BCUT2D eigenvalue weighted by atomic mass is 16.5. The first-order chi connectivity index (χ1) is 10.1. The fourth-order valence-corrected chi connectivity index (χ4v) is 2.17. The average Bonchev–Trinajstić information content (AvgIpc) is 2.84. The van der Waals surface area contributed by atoms with Gasteiger partial charge in [-0.3, -0.25) is 9.36 Å². The van der Waals surface area contributed by atoms with Gasteiger partial charge in [-0.15, -0.1) is 0 Å². The van der Waals surface area contributed by atoms with Crippen LogP contribution in [0.5, 0.6) is 17.5 Å². The van der Waals surface area contributed by atoms with Gasteiger partial charge in [0, 0.05) is 12.1 Å². The predicted molar refractivity (Wildman–Crippen MR) is 75.5 cm³/mol. The number of aromatic nitrogens is 1. The fourth-order valence-electron chi connectivity index (χ4n) is 2.17. The maximum absolute atomic E-state index is 11.6. The Morgan fingerprint density at radius 2 is 1.67 bits per heavy atom. The van der Waals surface area contributed by atoms with Gasteiger partial charge in [-0.05, 0) is 17.7 Å². The number of ether oxygens (including phenoxy) is 2. The highest BCUT2D eigenvalue weighted by molar-refractivity contribution is 5.70. The van der Waals surface area contributed by atoms with Gasteiger partial charge in [0.25, 0.3) is 0 Å². The van der Waals surface area contributed by atoms with E-state index in [1.54, 1.807) is 31.4 Å². The minimum atomic E-state index is -0.571. The highest BCUT2D eigenvalue weighted by Crippen LogP contribution is 2.33. The lowest BCUT2D eigenvalue weighted by Crippen LogP contribution is -2.15. The van der Waals surface area contributed by atoms with Crippen molar-refractivity contribution in [3.63, 3.8) is 0 Å². The van der Waals surface area contributed by atoms with Crippen molar-refractivity contribution >= 4 is 5.97 Å². The number of esters is 1. The number of nitrogens with zero attached hydrogens (tertiary/aromatic N) is 1. The van der Waals surface area contributed by atoms with Gasteiger partial charge in [0.05, 0.1) is 26.7 Å². The van der Waals surface area contributed by atoms with Crippen molar-refractivity contribution in [3.05, 3.63) is 42.0 Å². The summed E-state index contributed by atoms with van der Waals surface area (Å²) < 4.78 is 11.1. The molecule has 2 aromatic rings. The predicted octanol–water partition coefficient (Wildman–Crippen LogP) is 2.06. The van der Waals surface area contributed by atoms with Crippen molar-refractivity contribution in [2.75, 3.05) is 14.2 Å². The molecule has 6 heteroatoms. The molecule has 0 saturated carbocycles. The lowest BCUT2D eigenvalue weighted by molar-refractivity contribution is -0.141. The van der Waals surface area contributed by atoms with Crippen molar-refractivity contribution in [3.8, 4) is 17.5 Å². The van der Waals surface area contributed by atoms with E-state index in [4.69, 9.17) is 4.74 Å². The van der Waals surface area contributed by atoms with Crippen molar-refractivity contribution < 1.29 is 24.5 Å². The van der Waals surface area contributed by atoms with Crippen LogP contribution in [0.1, 0.15) is 18.0 Å². The molecule has 0 saturated heterocycles. The van der Waals surface area contributed by atoms with E-state index in [2.05, 4.69) is 4.74 Å². The summed E-state index contributed by atoms with van der Waals surface area (Å²) in [5.74, 6) is -0.0192. The molecule has 0 aliphatic carbocycles. The lowest BCUT2D eigenvalue weighted by Gasteiger charge is -2.20. The Morgan fingerprint density at radius 3 is 2.14 bits per heavy atom. The molecule has 1 unspecified atom stereocenters. The highest BCUT2D eigenvalue weighted by Gasteiger charge is 2.23. The second kappa shape index (κ2) is 6.21. The van der Waals surface area contributed by atoms with Crippen LogP contribution >= 0.6 is 0 Å². The number of rotatable bonds is 5. The van der Waals surface area contributed by atoms with Crippen molar-refractivity contribution in [2.24, 2.45) is 0 Å². The SMILES string of the molecule is COC(=O)CC(c1ccc(OC)cc1)n1c(O)ccc1O. The monoisotopic (exact) mass is 291 g/mol. The van der Waals surface area contributed by atoms with Crippen LogP contribution in [-0.2, 0) is 9.53 Å². The van der Waals surface area contributed by atoms with Gasteiger partial charge in [-0.1, -0.05) is 12.1 Å². The van der Waals surface area contributed by atoms with Crippen molar-refractivity contribution in [1.29, 1.82) is 0 Å². The van der Waals surface area contributed by atoms with E-state index in [1.165, 1.54) is 23.8 Å². The van der Waals surface area contributed by atoms with E-state index in [0.29, 0.717) is 5.75 Å². The van der Waals surface area contributed by atoms with Gasteiger partial charge in [0.1, 0.15) is 5.75 Å². The van der Waals surface area contributed by atoms with E-state index in [0.717, 1.165) is 5.56 Å². The first-order valence-electron chi connectivity index (χ1n) is 6.36. The molecule has 21 heavy (non-hydrogen) atoms. The zero-order valence-corrected chi connectivity index (χ0v) is 11.8. The van der Waals surface area contributed by atoms with E-state index in [1.807, 2.05) is 0 Å². The van der Waals surface area contributed by atoms with Gasteiger partial charge in [-0.2, -0.15) is 0 Å². The summed E-state index contributed by atoms with van der Waals surface area (Å²) in [4.78, 5) is 11.6. The van der Waals surface area contributed by atoms with Crippen LogP contribution in [-0.4, -0.2) is 35.0 Å². The molecule has 0 aliphatic heterocycles. The standard InChI is InChI=1S/C15H17NO5/c1-20-11-5-3-10(4-6-11)12(9-15(19)21-2)16-13(17)7-8-14(16)18/h3-8,12,17-18H,9H2,1-2H3. The van der Waals surface area contributed by atoms with Gasteiger partial charge in [-0.25, -0.2) is 0 Å². The number of carbonyl (C=O) groups excluding carboxylic acids is 1. The molecule has 112 valence electrons. The molecule has 1 heterocycles. The largest absolute Gasteiger partial charge is 0.497 e. The molecule has 0 amide bonds. The molecule has 0 radical (unpaired) electrons. The minimum absolute atomic E-state index is 0.0152. The summed E-state index contributed by atoms with van der Waals surface area (Å²) in [5, 5.41) is 19.8. The summed E-state index contributed by atoms with van der Waals surface area (Å²) in [6.07, 6.45) is -0.0152. The van der Waals surface area contributed by atoms with Gasteiger partial charge in [0.15, 0.2) is 11.8 Å². The molecule has 0 bridgehead atoms. The zero-order valence-electron chi connectivity index (χ0n) is 11.8. The number of hydrogen-bond acceptors (Lipinski definition) is 5. The maximum Gasteiger partial charge on any atom is 0.307 e. The first kappa shape index (κ1) is 14.8. The Labute approximate surface area is 122 Å². The summed E-state index contributed by atoms with van der Waals surface area (Å²) in [5.41, 5.74) is 0.739. The molecule has 1 aromatic carbocycles. The van der Waals surface area contributed by atoms with E-state index < -0.39 is 12.0 Å². The van der Waals surface area contributed by atoms with Crippen LogP contribution in [0.25, 0.3) is 0 Å². The second-order valence-electron chi connectivity index (χ2n) is 4.49. The van der Waals surface area contributed by atoms with E-state index >= 15 is 0 Å². The summed E-state index contributed by atoms with van der Waals surface area (Å²) in [6.45, 7) is 0. The number of benzene rings is 1. The average molecular weight is 291 g/mol. The number of carbonyl (C=O) groups is 1. The van der Waals surface area contributed by atoms with Crippen LogP contribution in [0.4, 0.5) is 0 Å². The molecule has 1 atom stereocenters. The third kappa shape index (κ3) is 3.10. The summed E-state index contributed by atoms with van der Waals surface area (Å²) >= 11 is 0. The van der Waals surface area contributed by atoms with Crippen LogP contribution in [0.15, 0.2) is 36.4 Å². The Bertz CT molecular complexity index is 598. The number of hydrogen-bond donors (Lipinski definition) is 2. The number of methoxy groups -OCH3 is 2. The van der Waals surface area contributed by atoms with Crippen LogP contribution in [0, 0.1) is 0 Å². The third-order valence-electron chi connectivity index (χ3n) is 3.28. The zero-order chi connectivity index (χ0) is 15.4. The lowest BCUT2D eigenvalue weighted by atomic mass is 10.0. The molecule has 2 rings (SSSR count). The fraction of sp³-hybridized carbons (Fsp3) is 0.267. The van der Waals surface area contributed by atoms with E-state index in [-0.39, 0.29) is 18.2 Å². The maximum atomic E-state index is 11.6. The van der Waals surface area contributed by atoms with E-state index in [9.17, 15) is 15.0 Å². The Hall–Kier alpha value is -2.63. The Balaban J connectivity index is 2.42. The first-order valence-corrected chi connectivity index (χ1v) is 6.36. The Kier molecular flexibility index (Phi) is 4.37. The molecule has 2 N–H and O–H groups in total. The molecule has 0 spiro atoms. The molecular weight excluding hydrogens is 274 g/mol. The van der Waals surface area contributed by atoms with Gasteiger partial charge in [0.2, 0.25) is 0 Å². The van der Waals surface area contributed by atoms with Gasteiger partial charge < -0.3 is 19.7 Å². The summed E-state index contributed by atoms with van der Waals surface area (Å²) in [6, 6.07) is 9.19. The third-order valence-corrected chi connectivity index (χ3v) is 3.28. The topological polar surface area (TPSA) is 80.9 Å². The van der Waals surface area contributed by atoms with Crippen LogP contribution < -0.4 is 4.74 Å². The molecule has 0 aliphatic rings. The Morgan fingerprint density at radius 1 is 1.10 bits per heavy atom. The number of aromatic hydroxyl groups is 2. The molecular formula is C15H17NO5. The molecule has 0 fully saturated rings. The van der Waals surface area contributed by atoms with Crippen molar-refractivity contribution in [2.45, 2.75) is 12.5 Å². The van der Waals surface area contributed by atoms with Gasteiger partial charge >= 0.3 is 5.97 Å². The van der Waals surface area contributed by atoms with Crippen LogP contribution in [0.3, 0.4) is 0 Å². The second-order valence-corrected chi connectivity index (χ2v) is 4.49.